The second kappa shape index (κ2) is 10.3. The van der Waals surface area contributed by atoms with E-state index in [-0.39, 0.29) is 0 Å². The average Bonchev–Trinajstić information content (AvgIpc) is 2.68. The van der Waals surface area contributed by atoms with Crippen molar-refractivity contribution in [2.45, 2.75) is 26.3 Å². The van der Waals surface area contributed by atoms with Crippen LogP contribution in [0.1, 0.15) is 23.1 Å². The molecule has 26 heavy (non-hydrogen) atoms. The fourth-order valence-electron chi connectivity index (χ4n) is 2.74. The maximum atomic E-state index is 5.35. The highest BCUT2D eigenvalue weighted by Gasteiger charge is 2.05. The lowest BCUT2D eigenvalue weighted by molar-refractivity contribution is 0.354. The van der Waals surface area contributed by atoms with Crippen LogP contribution in [-0.4, -0.2) is 33.8 Å². The number of guanidine groups is 1. The molecule has 2 aromatic carbocycles. The molecule has 0 spiro atoms. The van der Waals surface area contributed by atoms with Gasteiger partial charge >= 0.3 is 0 Å². The van der Waals surface area contributed by atoms with Crippen molar-refractivity contribution in [3.63, 3.8) is 0 Å². The molecule has 5 heteroatoms. The zero-order valence-electron chi connectivity index (χ0n) is 16.1. The van der Waals surface area contributed by atoms with E-state index in [0.717, 1.165) is 43.4 Å². The first kappa shape index (κ1) is 19.6. The summed E-state index contributed by atoms with van der Waals surface area (Å²) in [6, 6.07) is 14.4. The van der Waals surface area contributed by atoms with Crippen LogP contribution in [0, 0.1) is 6.92 Å². The number of nitrogens with zero attached hydrogens (tertiary/aromatic N) is 1. The van der Waals surface area contributed by atoms with Gasteiger partial charge in [0.25, 0.3) is 0 Å². The van der Waals surface area contributed by atoms with E-state index in [1.807, 2.05) is 12.1 Å². The third-order valence-electron chi connectivity index (χ3n) is 4.31. The van der Waals surface area contributed by atoms with Crippen molar-refractivity contribution in [3.8, 4) is 11.5 Å². The molecule has 0 saturated carbocycles. The molecular formula is C21H29N3O2. The van der Waals surface area contributed by atoms with Crippen molar-refractivity contribution in [1.29, 1.82) is 0 Å². The summed E-state index contributed by atoms with van der Waals surface area (Å²) in [5, 5.41) is 6.72. The highest BCUT2D eigenvalue weighted by atomic mass is 16.5. The predicted octanol–water partition coefficient (Wildman–Crippen LogP) is 3.31. The number of ether oxygens (including phenoxy) is 2. The van der Waals surface area contributed by atoms with Gasteiger partial charge in [-0.3, -0.25) is 4.99 Å². The summed E-state index contributed by atoms with van der Waals surface area (Å²) in [5.41, 5.74) is 3.79. The van der Waals surface area contributed by atoms with E-state index in [4.69, 9.17) is 9.47 Å². The molecule has 0 aliphatic heterocycles. The lowest BCUT2D eigenvalue weighted by atomic mass is 10.1. The number of hydrogen-bond donors (Lipinski definition) is 2. The van der Waals surface area contributed by atoms with Crippen LogP contribution < -0.4 is 20.1 Å². The molecule has 0 heterocycles. The molecule has 0 radical (unpaired) electrons. The van der Waals surface area contributed by atoms with Crippen LogP contribution >= 0.6 is 0 Å². The Bertz CT molecular complexity index is 729. The Kier molecular flexibility index (Phi) is 7.80. The standard InChI is InChI=1S/C21H29N3O2/c1-16-8-5-6-10-18(16)15-24-21(22-2)23-13-7-9-17-11-12-19(25-3)20(14-17)26-4/h5-6,8,10-12,14H,7,9,13,15H2,1-4H3,(H2,22,23,24). The Morgan fingerprint density at radius 1 is 1.00 bits per heavy atom. The Hall–Kier alpha value is -2.69. The van der Waals surface area contributed by atoms with Gasteiger partial charge < -0.3 is 20.1 Å². The lowest BCUT2D eigenvalue weighted by Crippen LogP contribution is -2.37. The largest absolute Gasteiger partial charge is 0.493 e. The van der Waals surface area contributed by atoms with Crippen molar-refractivity contribution in [2.75, 3.05) is 27.8 Å². The van der Waals surface area contributed by atoms with Crippen molar-refractivity contribution in [3.05, 3.63) is 59.2 Å². The van der Waals surface area contributed by atoms with Gasteiger partial charge in [0, 0.05) is 20.1 Å². The molecule has 0 aliphatic carbocycles. The fourth-order valence-corrected chi connectivity index (χ4v) is 2.74. The number of benzene rings is 2. The van der Waals surface area contributed by atoms with Crippen molar-refractivity contribution in [1.82, 2.24) is 10.6 Å². The van der Waals surface area contributed by atoms with Gasteiger partial charge in [-0.15, -0.1) is 0 Å². The fraction of sp³-hybridized carbons (Fsp3) is 0.381. The summed E-state index contributed by atoms with van der Waals surface area (Å²) >= 11 is 0. The first-order chi connectivity index (χ1) is 12.7. The molecular weight excluding hydrogens is 326 g/mol. The molecule has 0 atom stereocenters. The van der Waals surface area contributed by atoms with Crippen molar-refractivity contribution >= 4 is 5.96 Å². The van der Waals surface area contributed by atoms with Crippen molar-refractivity contribution < 1.29 is 9.47 Å². The third-order valence-corrected chi connectivity index (χ3v) is 4.31. The van der Waals surface area contributed by atoms with Gasteiger partial charge in [-0.05, 0) is 48.6 Å². The molecule has 0 bridgehead atoms. The molecule has 0 aliphatic rings. The van der Waals surface area contributed by atoms with Crippen LogP contribution in [0.5, 0.6) is 11.5 Å². The Morgan fingerprint density at radius 2 is 1.77 bits per heavy atom. The number of hydrogen-bond acceptors (Lipinski definition) is 3. The first-order valence-corrected chi connectivity index (χ1v) is 8.88. The minimum Gasteiger partial charge on any atom is -0.493 e. The van der Waals surface area contributed by atoms with Gasteiger partial charge in [0.15, 0.2) is 17.5 Å². The lowest BCUT2D eigenvalue weighted by Gasteiger charge is -2.13. The summed E-state index contributed by atoms with van der Waals surface area (Å²) < 4.78 is 10.6. The van der Waals surface area contributed by atoms with E-state index < -0.39 is 0 Å². The van der Waals surface area contributed by atoms with Gasteiger partial charge in [0.2, 0.25) is 0 Å². The molecule has 0 unspecified atom stereocenters. The number of nitrogens with one attached hydrogen (secondary N) is 2. The van der Waals surface area contributed by atoms with E-state index in [1.165, 1.54) is 16.7 Å². The number of methoxy groups -OCH3 is 2. The van der Waals surface area contributed by atoms with Crippen LogP contribution in [-0.2, 0) is 13.0 Å². The van der Waals surface area contributed by atoms with Gasteiger partial charge in [-0.1, -0.05) is 30.3 Å². The Balaban J connectivity index is 1.76. The van der Waals surface area contributed by atoms with E-state index in [1.54, 1.807) is 21.3 Å². The zero-order chi connectivity index (χ0) is 18.8. The number of aliphatic imine (C=N–C) groups is 1. The summed E-state index contributed by atoms with van der Waals surface area (Å²) in [5.74, 6) is 2.35. The molecule has 0 saturated heterocycles. The summed E-state index contributed by atoms with van der Waals surface area (Å²) in [6.45, 7) is 3.74. The molecule has 0 aromatic heterocycles. The van der Waals surface area contributed by atoms with Gasteiger partial charge in [0.05, 0.1) is 14.2 Å². The van der Waals surface area contributed by atoms with E-state index in [0.29, 0.717) is 0 Å². The summed E-state index contributed by atoms with van der Waals surface area (Å²) in [6.07, 6.45) is 1.96. The summed E-state index contributed by atoms with van der Waals surface area (Å²) in [7, 11) is 5.10. The van der Waals surface area contributed by atoms with E-state index in [9.17, 15) is 0 Å². The Morgan fingerprint density at radius 3 is 2.46 bits per heavy atom. The van der Waals surface area contributed by atoms with Crippen LogP contribution in [0.15, 0.2) is 47.5 Å². The van der Waals surface area contributed by atoms with E-state index >= 15 is 0 Å². The minimum atomic E-state index is 0.759. The highest BCUT2D eigenvalue weighted by Crippen LogP contribution is 2.27. The average molecular weight is 355 g/mol. The molecule has 2 rings (SSSR count). The quantitative estimate of drug-likeness (QED) is 0.433. The molecule has 0 amide bonds. The third kappa shape index (κ3) is 5.69. The predicted molar refractivity (Wildman–Crippen MR) is 107 cm³/mol. The van der Waals surface area contributed by atoms with Gasteiger partial charge in [0.1, 0.15) is 0 Å². The van der Waals surface area contributed by atoms with Crippen LogP contribution in [0.2, 0.25) is 0 Å². The summed E-state index contributed by atoms with van der Waals surface area (Å²) in [4.78, 5) is 4.29. The maximum absolute atomic E-state index is 5.35. The van der Waals surface area contributed by atoms with E-state index in [2.05, 4.69) is 52.9 Å². The first-order valence-electron chi connectivity index (χ1n) is 8.88. The monoisotopic (exact) mass is 355 g/mol. The molecule has 2 aromatic rings. The Labute approximate surface area is 156 Å². The molecule has 2 N–H and O–H groups in total. The molecule has 5 nitrogen and oxygen atoms in total. The smallest absolute Gasteiger partial charge is 0.191 e. The van der Waals surface area contributed by atoms with Crippen LogP contribution in [0.4, 0.5) is 0 Å². The molecule has 0 fully saturated rings. The second-order valence-electron chi connectivity index (χ2n) is 6.07. The number of aryl methyl sites for hydroxylation is 2. The zero-order valence-corrected chi connectivity index (χ0v) is 16.1. The minimum absolute atomic E-state index is 0.759. The highest BCUT2D eigenvalue weighted by molar-refractivity contribution is 5.79. The number of rotatable bonds is 8. The second-order valence-corrected chi connectivity index (χ2v) is 6.07. The van der Waals surface area contributed by atoms with Crippen molar-refractivity contribution in [2.24, 2.45) is 4.99 Å². The topological polar surface area (TPSA) is 54.9 Å². The van der Waals surface area contributed by atoms with Crippen LogP contribution in [0.25, 0.3) is 0 Å². The SMILES string of the molecule is CN=C(NCCCc1ccc(OC)c(OC)c1)NCc1ccccc1C. The maximum Gasteiger partial charge on any atom is 0.191 e. The van der Waals surface area contributed by atoms with Crippen LogP contribution in [0.3, 0.4) is 0 Å². The van der Waals surface area contributed by atoms with Gasteiger partial charge in [-0.25, -0.2) is 0 Å². The molecule has 140 valence electrons. The van der Waals surface area contributed by atoms with Gasteiger partial charge in [-0.2, -0.15) is 0 Å². The normalized spacial score (nSPS) is 11.2.